The minimum atomic E-state index is 0.201. The van der Waals surface area contributed by atoms with E-state index in [2.05, 4.69) is 22.0 Å². The van der Waals surface area contributed by atoms with Crippen LogP contribution in [-0.4, -0.2) is 24.7 Å². The van der Waals surface area contributed by atoms with Gasteiger partial charge >= 0.3 is 131 Å². The molecule has 2 nitrogen and oxygen atoms in total. The summed E-state index contributed by atoms with van der Waals surface area (Å²) in [4.78, 5) is 0. The molecule has 2 aromatic carbocycles. The second-order valence-electron chi connectivity index (χ2n) is 4.38. The number of hydrogen-bond acceptors (Lipinski definition) is 2. The molecule has 0 bridgehead atoms. The quantitative estimate of drug-likeness (QED) is 0.639. The third-order valence-corrected chi connectivity index (χ3v) is 6.77. The van der Waals surface area contributed by atoms with Crippen molar-refractivity contribution in [2.24, 2.45) is 0 Å². The van der Waals surface area contributed by atoms with E-state index in [4.69, 9.17) is 0 Å². The monoisotopic (exact) mass is 394 g/mol. The zero-order chi connectivity index (χ0) is 14.1. The summed E-state index contributed by atoms with van der Waals surface area (Å²) < 4.78 is 3.62. The fraction of sp³-hybridized carbons (Fsp3) is 0. The van der Waals surface area contributed by atoms with E-state index in [0.29, 0.717) is 0 Å². The second-order valence-corrected chi connectivity index (χ2v) is 7.44. The molecule has 0 saturated heterocycles. The number of halogens is 1. The molecule has 20 heavy (non-hydrogen) atoms. The normalized spacial score (nSPS) is 10.7. The maximum absolute atomic E-state index is 9.36. The molecular formula is C16H11BrO2Se. The minimum absolute atomic E-state index is 0.201. The van der Waals surface area contributed by atoms with E-state index in [1.807, 2.05) is 24.3 Å². The van der Waals surface area contributed by atoms with E-state index in [0.717, 1.165) is 15.6 Å². The first-order chi connectivity index (χ1) is 9.63. The van der Waals surface area contributed by atoms with Crippen molar-refractivity contribution in [3.63, 3.8) is 0 Å². The predicted octanol–water partition coefficient (Wildman–Crippen LogP) is 4.25. The van der Waals surface area contributed by atoms with Gasteiger partial charge in [-0.2, -0.15) is 0 Å². The molecule has 0 aliphatic rings. The van der Waals surface area contributed by atoms with Crippen LogP contribution in [0.15, 0.2) is 59.1 Å². The summed E-state index contributed by atoms with van der Waals surface area (Å²) in [5.74, 6) is 0.563. The molecular weight excluding hydrogens is 383 g/mol. The number of aromatic hydroxyl groups is 2. The van der Waals surface area contributed by atoms with Crippen molar-refractivity contribution >= 4 is 30.4 Å². The van der Waals surface area contributed by atoms with Gasteiger partial charge in [-0.3, -0.25) is 0 Å². The van der Waals surface area contributed by atoms with Crippen LogP contribution >= 0.6 is 15.9 Å². The Morgan fingerprint density at radius 3 is 1.80 bits per heavy atom. The topological polar surface area (TPSA) is 40.5 Å². The Hall–Kier alpha value is -1.48. The fourth-order valence-corrected chi connectivity index (χ4v) is 5.39. The van der Waals surface area contributed by atoms with Crippen molar-refractivity contribution in [3.8, 4) is 31.5 Å². The SMILES string of the molecule is Oc1ccc(-c2cc(Br)c(-c3ccc(O)cc3)[se]2)cc1. The molecule has 100 valence electrons. The zero-order valence-corrected chi connectivity index (χ0v) is 13.7. The summed E-state index contributed by atoms with van der Waals surface area (Å²) in [7, 11) is 0. The van der Waals surface area contributed by atoms with E-state index in [9.17, 15) is 10.2 Å². The molecule has 1 aromatic heterocycles. The molecule has 0 spiro atoms. The number of hydrogen-bond donors (Lipinski definition) is 2. The fourth-order valence-electron chi connectivity index (χ4n) is 1.95. The van der Waals surface area contributed by atoms with Crippen LogP contribution in [0, 0.1) is 0 Å². The molecule has 3 rings (SSSR count). The Bertz CT molecular complexity index is 730. The van der Waals surface area contributed by atoms with Crippen molar-refractivity contribution in [1.29, 1.82) is 0 Å². The van der Waals surface area contributed by atoms with Gasteiger partial charge in [0.25, 0.3) is 0 Å². The number of phenols is 2. The Labute approximate surface area is 131 Å². The maximum atomic E-state index is 9.36. The van der Waals surface area contributed by atoms with Crippen molar-refractivity contribution in [3.05, 3.63) is 59.1 Å². The van der Waals surface area contributed by atoms with Gasteiger partial charge in [-0.1, -0.05) is 0 Å². The second kappa shape index (κ2) is 5.49. The zero-order valence-electron chi connectivity index (χ0n) is 10.4. The molecule has 0 unspecified atom stereocenters. The van der Waals surface area contributed by atoms with Gasteiger partial charge in [-0.25, -0.2) is 0 Å². The molecule has 0 fully saturated rings. The van der Waals surface area contributed by atoms with Crippen LogP contribution in [0.5, 0.6) is 11.5 Å². The first-order valence-electron chi connectivity index (χ1n) is 6.01. The summed E-state index contributed by atoms with van der Waals surface area (Å²) in [6.07, 6.45) is 0. The number of rotatable bonds is 2. The Balaban J connectivity index is 2.02. The third kappa shape index (κ3) is 2.68. The molecule has 0 radical (unpaired) electrons. The van der Waals surface area contributed by atoms with Crippen LogP contribution in [-0.2, 0) is 0 Å². The van der Waals surface area contributed by atoms with Gasteiger partial charge in [0.1, 0.15) is 0 Å². The summed E-state index contributed by atoms with van der Waals surface area (Å²) in [6, 6.07) is 16.7. The molecule has 0 saturated carbocycles. The van der Waals surface area contributed by atoms with E-state index < -0.39 is 0 Å². The van der Waals surface area contributed by atoms with Gasteiger partial charge in [-0.15, -0.1) is 0 Å². The van der Waals surface area contributed by atoms with Crippen LogP contribution in [0.4, 0.5) is 0 Å². The molecule has 4 heteroatoms. The van der Waals surface area contributed by atoms with Gasteiger partial charge in [0, 0.05) is 0 Å². The van der Waals surface area contributed by atoms with Crippen molar-refractivity contribution in [2.75, 3.05) is 0 Å². The van der Waals surface area contributed by atoms with Crippen molar-refractivity contribution in [1.82, 2.24) is 0 Å². The predicted molar refractivity (Wildman–Crippen MR) is 85.3 cm³/mol. The summed E-state index contributed by atoms with van der Waals surface area (Å²) in [5, 5.41) is 18.7. The van der Waals surface area contributed by atoms with Gasteiger partial charge in [0.2, 0.25) is 0 Å². The summed E-state index contributed by atoms with van der Waals surface area (Å²) in [5.41, 5.74) is 2.26. The first-order valence-corrected chi connectivity index (χ1v) is 8.52. The van der Waals surface area contributed by atoms with Gasteiger partial charge < -0.3 is 0 Å². The van der Waals surface area contributed by atoms with E-state index in [-0.39, 0.29) is 26.0 Å². The Morgan fingerprint density at radius 2 is 1.25 bits per heavy atom. The van der Waals surface area contributed by atoms with E-state index in [1.54, 1.807) is 24.3 Å². The molecule has 2 N–H and O–H groups in total. The van der Waals surface area contributed by atoms with E-state index >= 15 is 0 Å². The average Bonchev–Trinajstić information content (AvgIpc) is 2.82. The van der Waals surface area contributed by atoms with Crippen molar-refractivity contribution in [2.45, 2.75) is 0 Å². The molecule has 0 amide bonds. The van der Waals surface area contributed by atoms with Gasteiger partial charge in [0.05, 0.1) is 0 Å². The van der Waals surface area contributed by atoms with Crippen LogP contribution in [0.3, 0.4) is 0 Å². The van der Waals surface area contributed by atoms with Crippen molar-refractivity contribution < 1.29 is 10.2 Å². The van der Waals surface area contributed by atoms with E-state index in [1.165, 1.54) is 8.87 Å². The molecule has 1 heterocycles. The molecule has 0 atom stereocenters. The average molecular weight is 394 g/mol. The molecule has 0 aliphatic heterocycles. The summed E-state index contributed by atoms with van der Waals surface area (Å²) >= 11 is 3.82. The standard InChI is InChI=1S/C16H11BrO2Se/c17-14-9-15(10-1-5-12(18)6-2-10)20-16(14)11-3-7-13(19)8-4-11/h1-9,18-19H. The van der Waals surface area contributed by atoms with Crippen LogP contribution in [0.1, 0.15) is 0 Å². The number of benzene rings is 2. The third-order valence-electron chi connectivity index (χ3n) is 2.97. The summed E-state index contributed by atoms with van der Waals surface area (Å²) in [6.45, 7) is 0. The Kier molecular flexibility index (Phi) is 3.70. The molecule has 0 aliphatic carbocycles. The number of phenolic OH excluding ortho intramolecular Hbond substituents is 2. The van der Waals surface area contributed by atoms with Crippen LogP contribution in [0.25, 0.3) is 20.0 Å². The van der Waals surface area contributed by atoms with Gasteiger partial charge in [0.15, 0.2) is 0 Å². The molecule has 3 aromatic rings. The van der Waals surface area contributed by atoms with Crippen LogP contribution < -0.4 is 0 Å². The van der Waals surface area contributed by atoms with Crippen LogP contribution in [0.2, 0.25) is 0 Å². The van der Waals surface area contributed by atoms with Gasteiger partial charge in [-0.05, 0) is 0 Å². The Morgan fingerprint density at radius 1 is 0.750 bits per heavy atom. The first kappa shape index (κ1) is 13.5.